The molecule has 0 aliphatic carbocycles. The zero-order valence-electron chi connectivity index (χ0n) is 13.0. The van der Waals surface area contributed by atoms with Crippen molar-refractivity contribution in [2.24, 2.45) is 0 Å². The van der Waals surface area contributed by atoms with Crippen LogP contribution in [0.1, 0.15) is 10.4 Å². The number of nitrogens with zero attached hydrogens (tertiary/aromatic N) is 1. The second kappa shape index (κ2) is 6.33. The molecule has 0 radical (unpaired) electrons. The van der Waals surface area contributed by atoms with Crippen molar-refractivity contribution in [2.45, 2.75) is 0 Å². The van der Waals surface area contributed by atoms with E-state index < -0.39 is 0 Å². The van der Waals surface area contributed by atoms with Gasteiger partial charge in [-0.1, -0.05) is 24.3 Å². The van der Waals surface area contributed by atoms with Gasteiger partial charge in [0.05, 0.1) is 15.8 Å². The summed E-state index contributed by atoms with van der Waals surface area (Å²) in [4.78, 5) is 30.5. The van der Waals surface area contributed by atoms with Gasteiger partial charge in [-0.15, -0.1) is 11.3 Å². The van der Waals surface area contributed by atoms with Gasteiger partial charge in [-0.05, 0) is 30.3 Å². The molecule has 0 atom stereocenters. The number of hydrogen-bond donors (Lipinski definition) is 2. The summed E-state index contributed by atoms with van der Waals surface area (Å²) in [5.41, 5.74) is 2.73. The Labute approximate surface area is 147 Å². The number of pyridine rings is 1. The number of H-pyrrole nitrogens is 1. The third-order valence-corrected chi connectivity index (χ3v) is 4.79. The number of nitrogens with one attached hydrogen (secondary N) is 2. The number of aromatic nitrogens is 2. The van der Waals surface area contributed by atoms with Crippen LogP contribution in [0.25, 0.3) is 20.8 Å². The van der Waals surface area contributed by atoms with Crippen LogP contribution in [0.2, 0.25) is 0 Å². The number of amides is 1. The van der Waals surface area contributed by atoms with E-state index in [1.165, 1.54) is 18.3 Å². The van der Waals surface area contributed by atoms with Crippen molar-refractivity contribution in [3.63, 3.8) is 0 Å². The average molecular weight is 347 g/mol. The van der Waals surface area contributed by atoms with E-state index in [1.54, 1.807) is 11.3 Å². The van der Waals surface area contributed by atoms with Crippen LogP contribution in [0, 0.1) is 0 Å². The van der Waals surface area contributed by atoms with Crippen molar-refractivity contribution in [1.82, 2.24) is 9.97 Å². The summed E-state index contributed by atoms with van der Waals surface area (Å²) >= 11 is 1.61. The minimum absolute atomic E-state index is 0.241. The maximum absolute atomic E-state index is 12.3. The molecule has 2 aromatic carbocycles. The van der Waals surface area contributed by atoms with Gasteiger partial charge in [-0.3, -0.25) is 9.59 Å². The van der Waals surface area contributed by atoms with Crippen molar-refractivity contribution in [2.75, 3.05) is 5.32 Å². The summed E-state index contributed by atoms with van der Waals surface area (Å²) in [7, 11) is 0. The highest BCUT2D eigenvalue weighted by Gasteiger charge is 2.09. The molecule has 0 unspecified atom stereocenters. The average Bonchev–Trinajstić information content (AvgIpc) is 3.07. The number of thiazole rings is 1. The van der Waals surface area contributed by atoms with Gasteiger partial charge in [0.2, 0.25) is 5.56 Å². The van der Waals surface area contributed by atoms with E-state index in [0.29, 0.717) is 11.3 Å². The van der Waals surface area contributed by atoms with Crippen LogP contribution in [0.5, 0.6) is 0 Å². The molecule has 122 valence electrons. The van der Waals surface area contributed by atoms with E-state index in [0.717, 1.165) is 20.8 Å². The van der Waals surface area contributed by atoms with Crippen LogP contribution in [-0.2, 0) is 0 Å². The third kappa shape index (κ3) is 3.20. The number of rotatable bonds is 3. The predicted molar refractivity (Wildman–Crippen MR) is 100 cm³/mol. The maximum atomic E-state index is 12.3. The van der Waals surface area contributed by atoms with Crippen molar-refractivity contribution < 1.29 is 4.79 Å². The molecular formula is C19H13N3O2S. The molecule has 0 bridgehead atoms. The summed E-state index contributed by atoms with van der Waals surface area (Å²) in [5, 5.41) is 3.74. The minimum Gasteiger partial charge on any atom is -0.328 e. The molecule has 0 aliphatic rings. The molecule has 6 heteroatoms. The standard InChI is InChI=1S/C19H13N3O2S/c23-17-9-8-13(11-20-17)18(24)21-14-5-3-4-12(10-14)19-22-15-6-1-2-7-16(15)25-19/h1-11H,(H,20,23)(H,21,24). The van der Waals surface area contributed by atoms with E-state index in [2.05, 4.69) is 15.3 Å². The van der Waals surface area contributed by atoms with Gasteiger partial charge < -0.3 is 10.3 Å². The smallest absolute Gasteiger partial charge is 0.257 e. The van der Waals surface area contributed by atoms with Gasteiger partial charge in [0, 0.05) is 23.5 Å². The fraction of sp³-hybridized carbons (Fsp3) is 0. The number of para-hydroxylation sites is 1. The highest BCUT2D eigenvalue weighted by atomic mass is 32.1. The zero-order chi connectivity index (χ0) is 17.2. The summed E-state index contributed by atoms with van der Waals surface area (Å²) in [6.45, 7) is 0. The first-order valence-corrected chi connectivity index (χ1v) is 8.47. The highest BCUT2D eigenvalue weighted by Crippen LogP contribution is 2.31. The van der Waals surface area contributed by atoms with Crippen LogP contribution in [0.4, 0.5) is 5.69 Å². The van der Waals surface area contributed by atoms with Crippen LogP contribution in [0.15, 0.2) is 71.7 Å². The Hall–Kier alpha value is -3.25. The Balaban J connectivity index is 1.61. The number of carbonyl (C=O) groups is 1. The number of aromatic amines is 1. The van der Waals surface area contributed by atoms with Crippen molar-refractivity contribution in [3.8, 4) is 10.6 Å². The van der Waals surface area contributed by atoms with Gasteiger partial charge >= 0.3 is 0 Å². The molecule has 0 saturated carbocycles. The Morgan fingerprint density at radius 3 is 2.72 bits per heavy atom. The van der Waals surface area contributed by atoms with Crippen molar-refractivity contribution in [1.29, 1.82) is 0 Å². The Bertz CT molecular complexity index is 1080. The van der Waals surface area contributed by atoms with E-state index in [-0.39, 0.29) is 11.5 Å². The summed E-state index contributed by atoms with van der Waals surface area (Å²) in [6.07, 6.45) is 1.40. The lowest BCUT2D eigenvalue weighted by molar-refractivity contribution is 0.102. The first-order valence-electron chi connectivity index (χ1n) is 7.65. The number of benzene rings is 2. The first kappa shape index (κ1) is 15.3. The van der Waals surface area contributed by atoms with E-state index in [4.69, 9.17) is 0 Å². The summed E-state index contributed by atoms with van der Waals surface area (Å²) < 4.78 is 1.13. The van der Waals surface area contributed by atoms with Gasteiger partial charge in [0.15, 0.2) is 0 Å². The second-order valence-corrected chi connectivity index (χ2v) is 6.49. The molecule has 0 spiro atoms. The maximum Gasteiger partial charge on any atom is 0.257 e. The van der Waals surface area contributed by atoms with E-state index in [1.807, 2.05) is 48.5 Å². The van der Waals surface area contributed by atoms with Crippen LogP contribution in [-0.4, -0.2) is 15.9 Å². The van der Waals surface area contributed by atoms with Gasteiger partial charge in [-0.25, -0.2) is 4.98 Å². The lowest BCUT2D eigenvalue weighted by atomic mass is 10.2. The highest BCUT2D eigenvalue weighted by molar-refractivity contribution is 7.21. The molecule has 2 aromatic heterocycles. The van der Waals surface area contributed by atoms with E-state index in [9.17, 15) is 9.59 Å². The summed E-state index contributed by atoms with van der Waals surface area (Å²) in [5.74, 6) is -0.280. The lowest BCUT2D eigenvalue weighted by Crippen LogP contribution is -2.14. The molecule has 0 fully saturated rings. The topological polar surface area (TPSA) is 74.8 Å². The summed E-state index contributed by atoms with van der Waals surface area (Å²) in [6, 6.07) is 18.4. The number of anilines is 1. The SMILES string of the molecule is O=C(Nc1cccc(-c2nc3ccccc3s2)c1)c1ccc(=O)[nH]c1. The first-order chi connectivity index (χ1) is 12.2. The molecule has 2 N–H and O–H groups in total. The van der Waals surface area contributed by atoms with Crippen LogP contribution >= 0.6 is 11.3 Å². The molecule has 1 amide bonds. The van der Waals surface area contributed by atoms with Crippen LogP contribution < -0.4 is 10.9 Å². The molecule has 0 aliphatic heterocycles. The normalized spacial score (nSPS) is 10.7. The molecule has 0 saturated heterocycles. The quantitative estimate of drug-likeness (QED) is 0.590. The molecule has 25 heavy (non-hydrogen) atoms. The van der Waals surface area contributed by atoms with Crippen molar-refractivity contribution in [3.05, 3.63) is 82.8 Å². The molecule has 4 rings (SSSR count). The molecule has 4 aromatic rings. The lowest BCUT2D eigenvalue weighted by Gasteiger charge is -2.06. The van der Waals surface area contributed by atoms with E-state index >= 15 is 0 Å². The number of carbonyl (C=O) groups excluding carboxylic acids is 1. The number of hydrogen-bond acceptors (Lipinski definition) is 4. The zero-order valence-corrected chi connectivity index (χ0v) is 13.8. The fourth-order valence-electron chi connectivity index (χ4n) is 2.48. The predicted octanol–water partition coefficient (Wildman–Crippen LogP) is 3.90. The minimum atomic E-state index is -0.280. The fourth-order valence-corrected chi connectivity index (χ4v) is 3.44. The van der Waals surface area contributed by atoms with Gasteiger partial charge in [0.1, 0.15) is 5.01 Å². The van der Waals surface area contributed by atoms with Crippen molar-refractivity contribution >= 4 is 33.1 Å². The third-order valence-electron chi connectivity index (χ3n) is 3.71. The second-order valence-electron chi connectivity index (χ2n) is 5.46. The molecular weight excluding hydrogens is 334 g/mol. The monoisotopic (exact) mass is 347 g/mol. The molecule has 2 heterocycles. The number of fused-ring (bicyclic) bond motifs is 1. The molecule has 5 nitrogen and oxygen atoms in total. The Kier molecular flexibility index (Phi) is 3.87. The Morgan fingerprint density at radius 2 is 1.92 bits per heavy atom. The largest absolute Gasteiger partial charge is 0.328 e. The van der Waals surface area contributed by atoms with Gasteiger partial charge in [0.25, 0.3) is 5.91 Å². The van der Waals surface area contributed by atoms with Crippen LogP contribution in [0.3, 0.4) is 0 Å². The Morgan fingerprint density at radius 1 is 1.04 bits per heavy atom. The van der Waals surface area contributed by atoms with Gasteiger partial charge in [-0.2, -0.15) is 0 Å².